The highest BCUT2D eigenvalue weighted by atomic mass is 35.5. The summed E-state index contributed by atoms with van der Waals surface area (Å²) in [6.07, 6.45) is -5.26. The monoisotopic (exact) mass is 452 g/mol. The molecule has 1 amide bonds. The van der Waals surface area contributed by atoms with Crippen molar-refractivity contribution in [2.75, 3.05) is 5.32 Å². The van der Waals surface area contributed by atoms with E-state index in [1.165, 1.54) is 6.07 Å². The summed E-state index contributed by atoms with van der Waals surface area (Å²) in [6.45, 7) is 0.247. The molecule has 0 aliphatic carbocycles. The van der Waals surface area contributed by atoms with Gasteiger partial charge in [-0.15, -0.1) is 0 Å². The van der Waals surface area contributed by atoms with Crippen LogP contribution in [0.25, 0.3) is 0 Å². The van der Waals surface area contributed by atoms with Crippen molar-refractivity contribution in [3.8, 4) is 0 Å². The number of carbonyl (C=O) groups is 1. The van der Waals surface area contributed by atoms with Crippen LogP contribution in [-0.2, 0) is 14.6 Å². The molecule has 1 atom stereocenters. The Labute approximate surface area is 167 Å². The molecule has 0 spiro atoms. The zero-order valence-corrected chi connectivity index (χ0v) is 16.0. The van der Waals surface area contributed by atoms with E-state index in [-0.39, 0.29) is 12.6 Å². The second-order valence-corrected chi connectivity index (χ2v) is 8.28. The number of benzene rings is 2. The van der Waals surface area contributed by atoms with Gasteiger partial charge in [0.05, 0.1) is 25.4 Å². The number of hydrogen-bond acceptors (Lipinski definition) is 6. The van der Waals surface area contributed by atoms with Gasteiger partial charge in [0.1, 0.15) is 0 Å². The van der Waals surface area contributed by atoms with Gasteiger partial charge in [-0.1, -0.05) is 17.7 Å². The van der Waals surface area contributed by atoms with Gasteiger partial charge in [-0.25, -0.2) is 8.42 Å². The highest BCUT2D eigenvalue weighted by molar-refractivity contribution is 7.91. The van der Waals surface area contributed by atoms with Crippen molar-refractivity contribution < 1.29 is 36.4 Å². The van der Waals surface area contributed by atoms with E-state index in [4.69, 9.17) is 11.6 Å². The molecular formula is C16H12ClF3N2O6S. The van der Waals surface area contributed by atoms with E-state index < -0.39 is 52.9 Å². The van der Waals surface area contributed by atoms with E-state index in [0.717, 1.165) is 36.4 Å². The zero-order chi connectivity index (χ0) is 22.2. The molecule has 1 unspecified atom stereocenters. The molecule has 0 aliphatic rings. The SMILES string of the molecule is CC(O)(C(=O)Nc1ccc(S(=O)(=O)c2cccc([N+](=O)[O-])c2)cc1Cl)C(F)(F)F. The summed E-state index contributed by atoms with van der Waals surface area (Å²) < 4.78 is 63.4. The molecule has 0 saturated carbocycles. The fraction of sp³-hybridized carbons (Fsp3) is 0.188. The van der Waals surface area contributed by atoms with Crippen molar-refractivity contribution in [3.63, 3.8) is 0 Å². The number of rotatable bonds is 5. The smallest absolute Gasteiger partial charge is 0.373 e. The van der Waals surface area contributed by atoms with Gasteiger partial charge in [-0.3, -0.25) is 14.9 Å². The quantitative estimate of drug-likeness (QED) is 0.529. The molecule has 8 nitrogen and oxygen atoms in total. The average molecular weight is 453 g/mol. The number of alkyl halides is 3. The van der Waals surface area contributed by atoms with E-state index in [1.807, 2.05) is 0 Å². The summed E-state index contributed by atoms with van der Waals surface area (Å²) >= 11 is 5.86. The van der Waals surface area contributed by atoms with Gasteiger partial charge in [0.25, 0.3) is 11.6 Å². The van der Waals surface area contributed by atoms with Gasteiger partial charge < -0.3 is 10.4 Å². The first kappa shape index (κ1) is 22.6. The number of aliphatic hydroxyl groups is 1. The Balaban J connectivity index is 2.37. The van der Waals surface area contributed by atoms with Crippen molar-refractivity contribution in [2.24, 2.45) is 0 Å². The number of hydrogen-bond donors (Lipinski definition) is 2. The van der Waals surface area contributed by atoms with Gasteiger partial charge in [0, 0.05) is 12.1 Å². The average Bonchev–Trinajstić information content (AvgIpc) is 2.62. The number of halogens is 4. The Morgan fingerprint density at radius 2 is 1.76 bits per heavy atom. The Hall–Kier alpha value is -2.70. The number of non-ortho nitro benzene ring substituents is 1. The Bertz CT molecular complexity index is 1090. The third-order valence-electron chi connectivity index (χ3n) is 3.83. The van der Waals surface area contributed by atoms with Crippen LogP contribution in [0.5, 0.6) is 0 Å². The molecule has 0 bridgehead atoms. The zero-order valence-electron chi connectivity index (χ0n) is 14.4. The number of nitro benzene ring substituents is 1. The molecule has 0 radical (unpaired) electrons. The van der Waals surface area contributed by atoms with Crippen LogP contribution in [0.4, 0.5) is 24.5 Å². The highest BCUT2D eigenvalue weighted by Gasteiger charge is 2.55. The standard InChI is InChI=1S/C16H12ClF3N2O6S/c1-15(24,16(18,19)20)14(23)21-13-6-5-11(8-12(13)17)29(27,28)10-4-2-3-9(7-10)22(25)26/h2-8,24H,1H3,(H,21,23). The first-order chi connectivity index (χ1) is 13.2. The molecule has 0 fully saturated rings. The van der Waals surface area contributed by atoms with Gasteiger partial charge in [0.15, 0.2) is 0 Å². The largest absolute Gasteiger partial charge is 0.426 e. The minimum atomic E-state index is -5.26. The van der Waals surface area contributed by atoms with Crippen LogP contribution in [0.2, 0.25) is 5.02 Å². The van der Waals surface area contributed by atoms with E-state index in [1.54, 1.807) is 5.32 Å². The molecule has 13 heteroatoms. The summed E-state index contributed by atoms with van der Waals surface area (Å²) in [5.41, 5.74) is -4.54. The number of carbonyl (C=O) groups excluding carboxylic acids is 1. The van der Waals surface area contributed by atoms with E-state index >= 15 is 0 Å². The van der Waals surface area contributed by atoms with E-state index in [0.29, 0.717) is 0 Å². The molecule has 2 N–H and O–H groups in total. The molecule has 29 heavy (non-hydrogen) atoms. The van der Waals surface area contributed by atoms with Crippen LogP contribution < -0.4 is 5.32 Å². The molecule has 0 heterocycles. The fourth-order valence-corrected chi connectivity index (χ4v) is 3.66. The topological polar surface area (TPSA) is 127 Å². The first-order valence-electron chi connectivity index (χ1n) is 7.57. The molecule has 0 aromatic heterocycles. The highest BCUT2D eigenvalue weighted by Crippen LogP contribution is 2.33. The summed E-state index contributed by atoms with van der Waals surface area (Å²) in [7, 11) is -4.25. The number of sulfone groups is 1. The van der Waals surface area contributed by atoms with Crippen LogP contribution in [0.3, 0.4) is 0 Å². The number of nitro groups is 1. The summed E-state index contributed by atoms with van der Waals surface area (Å²) in [4.78, 5) is 20.9. The summed E-state index contributed by atoms with van der Waals surface area (Å²) in [5, 5.41) is 21.5. The maximum Gasteiger partial charge on any atom is 0.426 e. The molecule has 2 aromatic rings. The number of amides is 1. The Morgan fingerprint density at radius 1 is 1.17 bits per heavy atom. The number of anilines is 1. The van der Waals surface area contributed by atoms with Gasteiger partial charge in [-0.2, -0.15) is 13.2 Å². The van der Waals surface area contributed by atoms with Gasteiger partial charge in [0.2, 0.25) is 15.4 Å². The minimum Gasteiger partial charge on any atom is -0.373 e. The first-order valence-corrected chi connectivity index (χ1v) is 9.43. The lowest BCUT2D eigenvalue weighted by Gasteiger charge is -2.25. The molecule has 0 aliphatic heterocycles. The maximum atomic E-state index is 12.7. The van der Waals surface area contributed by atoms with Gasteiger partial charge in [-0.05, 0) is 31.2 Å². The third kappa shape index (κ3) is 4.49. The Kier molecular flexibility index (Phi) is 5.93. The minimum absolute atomic E-state index is 0.247. The van der Waals surface area contributed by atoms with Crippen LogP contribution in [0.15, 0.2) is 52.3 Å². The number of nitrogens with zero attached hydrogens (tertiary/aromatic N) is 1. The van der Waals surface area contributed by atoms with Crippen molar-refractivity contribution >= 4 is 38.7 Å². The summed E-state index contributed by atoms with van der Waals surface area (Å²) in [6, 6.07) is 6.94. The van der Waals surface area contributed by atoms with Crippen LogP contribution in [0.1, 0.15) is 6.92 Å². The predicted octanol–water partition coefficient (Wildman–Crippen LogP) is 3.33. The van der Waals surface area contributed by atoms with Crippen molar-refractivity contribution in [2.45, 2.75) is 28.5 Å². The third-order valence-corrected chi connectivity index (χ3v) is 5.89. The van der Waals surface area contributed by atoms with Crippen LogP contribution >= 0.6 is 11.6 Å². The molecule has 2 aromatic carbocycles. The summed E-state index contributed by atoms with van der Waals surface area (Å²) in [5.74, 6) is -1.82. The fourth-order valence-electron chi connectivity index (χ4n) is 2.04. The molecule has 156 valence electrons. The second-order valence-electron chi connectivity index (χ2n) is 5.92. The molecule has 2 rings (SSSR count). The number of nitrogens with one attached hydrogen (secondary N) is 1. The lowest BCUT2D eigenvalue weighted by Crippen LogP contribution is -2.52. The van der Waals surface area contributed by atoms with Crippen LogP contribution in [0, 0.1) is 10.1 Å². The maximum absolute atomic E-state index is 12.7. The van der Waals surface area contributed by atoms with Crippen molar-refractivity contribution in [1.29, 1.82) is 0 Å². The van der Waals surface area contributed by atoms with E-state index in [9.17, 15) is 41.6 Å². The van der Waals surface area contributed by atoms with Gasteiger partial charge >= 0.3 is 6.18 Å². The lowest BCUT2D eigenvalue weighted by molar-refractivity contribution is -0.385. The normalized spacial score (nSPS) is 14.1. The molecular weight excluding hydrogens is 441 g/mol. The van der Waals surface area contributed by atoms with Crippen molar-refractivity contribution in [1.82, 2.24) is 0 Å². The Morgan fingerprint density at radius 3 is 2.28 bits per heavy atom. The molecule has 0 saturated heterocycles. The second kappa shape index (κ2) is 7.61. The van der Waals surface area contributed by atoms with E-state index in [2.05, 4.69) is 0 Å². The van der Waals surface area contributed by atoms with Crippen molar-refractivity contribution in [3.05, 3.63) is 57.6 Å². The predicted molar refractivity (Wildman–Crippen MR) is 95.3 cm³/mol. The van der Waals surface area contributed by atoms with Crippen LogP contribution in [-0.4, -0.2) is 36.1 Å². The lowest BCUT2D eigenvalue weighted by atomic mass is 10.1.